The van der Waals surface area contributed by atoms with Crippen LogP contribution in [0.1, 0.15) is 10.4 Å². The van der Waals surface area contributed by atoms with Crippen molar-refractivity contribution in [3.63, 3.8) is 0 Å². The number of nitro benzene ring substituents is 1. The molecule has 1 aliphatic heterocycles. The zero-order valence-electron chi connectivity index (χ0n) is 13.6. The maximum absolute atomic E-state index is 13.9. The second-order valence-corrected chi connectivity index (χ2v) is 6.88. The van der Waals surface area contributed by atoms with Crippen molar-refractivity contribution in [2.24, 2.45) is 0 Å². The third kappa shape index (κ3) is 4.10. The van der Waals surface area contributed by atoms with Gasteiger partial charge in [-0.25, -0.2) is 4.39 Å². The first kappa shape index (κ1) is 18.5. The molecule has 1 heterocycles. The molecule has 1 fully saturated rings. The molecule has 2 aromatic rings. The molecule has 1 N–H and O–H groups in total. The Kier molecular flexibility index (Phi) is 5.67. The molecular formula is C17H15FIN3O4. The van der Waals surface area contributed by atoms with Gasteiger partial charge in [-0.2, -0.15) is 0 Å². The predicted octanol–water partition coefficient (Wildman–Crippen LogP) is 3.43. The van der Waals surface area contributed by atoms with Crippen molar-refractivity contribution in [3.8, 4) is 0 Å². The molecule has 1 amide bonds. The summed E-state index contributed by atoms with van der Waals surface area (Å²) < 4.78 is 19.9. The summed E-state index contributed by atoms with van der Waals surface area (Å²) in [5.74, 6) is -1.17. The van der Waals surface area contributed by atoms with Gasteiger partial charge in [0.25, 0.3) is 11.6 Å². The molecule has 0 radical (unpaired) electrons. The molecule has 0 aromatic heterocycles. The highest BCUT2D eigenvalue weighted by atomic mass is 127. The molecule has 7 nitrogen and oxygen atoms in total. The van der Waals surface area contributed by atoms with Crippen molar-refractivity contribution >= 4 is 45.6 Å². The number of amides is 1. The number of halogens is 2. The summed E-state index contributed by atoms with van der Waals surface area (Å²) in [4.78, 5) is 25.2. The largest absolute Gasteiger partial charge is 0.378 e. The zero-order valence-corrected chi connectivity index (χ0v) is 15.7. The van der Waals surface area contributed by atoms with Crippen LogP contribution in [0.15, 0.2) is 36.4 Å². The number of hydrogen-bond donors (Lipinski definition) is 1. The topological polar surface area (TPSA) is 84.7 Å². The molecule has 26 heavy (non-hydrogen) atoms. The molecule has 9 heteroatoms. The van der Waals surface area contributed by atoms with Crippen molar-refractivity contribution in [1.82, 2.24) is 0 Å². The Morgan fingerprint density at radius 3 is 2.62 bits per heavy atom. The van der Waals surface area contributed by atoms with Crippen LogP contribution in [0.25, 0.3) is 0 Å². The van der Waals surface area contributed by atoms with Gasteiger partial charge in [0.2, 0.25) is 0 Å². The van der Waals surface area contributed by atoms with Crippen LogP contribution in [0.3, 0.4) is 0 Å². The van der Waals surface area contributed by atoms with E-state index in [9.17, 15) is 19.3 Å². The minimum Gasteiger partial charge on any atom is -0.378 e. The van der Waals surface area contributed by atoms with E-state index in [0.717, 1.165) is 0 Å². The van der Waals surface area contributed by atoms with Crippen LogP contribution in [-0.2, 0) is 4.74 Å². The number of ether oxygens (including phenoxy) is 1. The fourth-order valence-corrected chi connectivity index (χ4v) is 3.12. The molecule has 136 valence electrons. The number of carbonyl (C=O) groups excluding carboxylic acids is 1. The second-order valence-electron chi connectivity index (χ2n) is 5.64. The van der Waals surface area contributed by atoms with Crippen molar-refractivity contribution < 1.29 is 18.8 Å². The van der Waals surface area contributed by atoms with Gasteiger partial charge in [0, 0.05) is 28.3 Å². The molecule has 0 spiro atoms. The summed E-state index contributed by atoms with van der Waals surface area (Å²) in [7, 11) is 0. The number of nitro groups is 1. The Hall–Kier alpha value is -2.27. The quantitative estimate of drug-likeness (QED) is 0.420. The van der Waals surface area contributed by atoms with Gasteiger partial charge in [-0.3, -0.25) is 14.9 Å². The molecule has 0 aliphatic carbocycles. The Labute approximate surface area is 162 Å². The number of morpholine rings is 1. The van der Waals surface area contributed by atoms with Crippen LogP contribution < -0.4 is 10.2 Å². The lowest BCUT2D eigenvalue weighted by Gasteiger charge is -2.28. The van der Waals surface area contributed by atoms with Gasteiger partial charge in [0.15, 0.2) is 0 Å². The highest BCUT2D eigenvalue weighted by Crippen LogP contribution is 2.30. The summed E-state index contributed by atoms with van der Waals surface area (Å²) in [6, 6.07) is 8.65. The molecule has 0 saturated carbocycles. The summed E-state index contributed by atoms with van der Waals surface area (Å²) in [6.45, 7) is 2.07. The van der Waals surface area contributed by atoms with E-state index >= 15 is 0 Å². The van der Waals surface area contributed by atoms with Crippen LogP contribution >= 0.6 is 22.6 Å². The van der Waals surface area contributed by atoms with Gasteiger partial charge in [-0.1, -0.05) is 0 Å². The van der Waals surface area contributed by atoms with Gasteiger partial charge < -0.3 is 15.0 Å². The average molecular weight is 471 g/mol. The van der Waals surface area contributed by atoms with E-state index in [4.69, 9.17) is 4.74 Å². The van der Waals surface area contributed by atoms with Crippen molar-refractivity contribution in [1.29, 1.82) is 0 Å². The minimum absolute atomic E-state index is 0.0234. The van der Waals surface area contributed by atoms with Gasteiger partial charge in [-0.15, -0.1) is 0 Å². The Balaban J connectivity index is 1.86. The number of nitrogens with one attached hydrogen (secondary N) is 1. The van der Waals surface area contributed by atoms with Crippen LogP contribution in [-0.4, -0.2) is 37.1 Å². The molecule has 3 rings (SSSR count). The first-order chi connectivity index (χ1) is 12.5. The molecule has 0 bridgehead atoms. The monoisotopic (exact) mass is 471 g/mol. The molecule has 2 aromatic carbocycles. The predicted molar refractivity (Wildman–Crippen MR) is 103 cm³/mol. The van der Waals surface area contributed by atoms with Gasteiger partial charge in [0.05, 0.1) is 23.8 Å². The third-order valence-corrected chi connectivity index (χ3v) is 4.64. The molecule has 1 saturated heterocycles. The van der Waals surface area contributed by atoms with E-state index < -0.39 is 16.6 Å². The van der Waals surface area contributed by atoms with E-state index in [1.54, 1.807) is 12.1 Å². The Morgan fingerprint density at radius 1 is 1.23 bits per heavy atom. The summed E-state index contributed by atoms with van der Waals surface area (Å²) in [6.07, 6.45) is 0. The number of hydrogen-bond acceptors (Lipinski definition) is 5. The minimum atomic E-state index is -0.610. The van der Waals surface area contributed by atoms with E-state index in [0.29, 0.717) is 35.6 Å². The lowest BCUT2D eigenvalue weighted by molar-refractivity contribution is -0.384. The Morgan fingerprint density at radius 2 is 1.96 bits per heavy atom. The SMILES string of the molecule is O=C(Nc1ccc(I)cc1F)c1ccc(N2CCOCC2)c([N+](=O)[O-])c1. The summed E-state index contributed by atoms with van der Waals surface area (Å²) >= 11 is 1.96. The molecular weight excluding hydrogens is 456 g/mol. The molecule has 0 unspecified atom stereocenters. The number of carbonyl (C=O) groups is 1. The van der Waals surface area contributed by atoms with Gasteiger partial charge >= 0.3 is 0 Å². The average Bonchev–Trinajstić information content (AvgIpc) is 2.64. The van der Waals surface area contributed by atoms with E-state index in [1.807, 2.05) is 27.5 Å². The number of nitrogens with zero attached hydrogens (tertiary/aromatic N) is 2. The van der Waals surface area contributed by atoms with E-state index in [-0.39, 0.29) is 16.9 Å². The fourth-order valence-electron chi connectivity index (χ4n) is 2.67. The van der Waals surface area contributed by atoms with Crippen LogP contribution in [0.2, 0.25) is 0 Å². The summed E-state index contributed by atoms with van der Waals surface area (Å²) in [5, 5.41) is 13.9. The third-order valence-electron chi connectivity index (χ3n) is 3.97. The van der Waals surface area contributed by atoms with Crippen LogP contribution in [0.4, 0.5) is 21.5 Å². The van der Waals surface area contributed by atoms with Crippen molar-refractivity contribution in [2.75, 3.05) is 36.5 Å². The normalized spacial score (nSPS) is 14.2. The van der Waals surface area contributed by atoms with Crippen LogP contribution in [0.5, 0.6) is 0 Å². The number of anilines is 2. The standard InChI is InChI=1S/C17H15FIN3O4/c18-13-10-12(19)2-3-14(13)20-17(23)11-1-4-15(16(9-11)22(24)25)21-5-7-26-8-6-21/h1-4,9-10H,5-8H2,(H,20,23). The number of rotatable bonds is 4. The van der Waals surface area contributed by atoms with E-state index in [1.165, 1.54) is 24.3 Å². The molecule has 1 aliphatic rings. The smallest absolute Gasteiger partial charge is 0.293 e. The Bertz CT molecular complexity index is 856. The number of benzene rings is 2. The first-order valence-electron chi connectivity index (χ1n) is 7.83. The summed E-state index contributed by atoms with van der Waals surface area (Å²) in [5.41, 5.74) is 0.389. The van der Waals surface area contributed by atoms with Gasteiger partial charge in [-0.05, 0) is 52.9 Å². The maximum Gasteiger partial charge on any atom is 0.293 e. The van der Waals surface area contributed by atoms with Gasteiger partial charge in [0.1, 0.15) is 11.5 Å². The highest BCUT2D eigenvalue weighted by molar-refractivity contribution is 14.1. The second kappa shape index (κ2) is 7.96. The lowest BCUT2D eigenvalue weighted by atomic mass is 10.1. The molecule has 0 atom stereocenters. The van der Waals surface area contributed by atoms with E-state index in [2.05, 4.69) is 5.32 Å². The zero-order chi connectivity index (χ0) is 18.7. The maximum atomic E-state index is 13.9. The first-order valence-corrected chi connectivity index (χ1v) is 8.91. The van der Waals surface area contributed by atoms with Crippen LogP contribution in [0, 0.1) is 19.5 Å². The fraction of sp³-hybridized carbons (Fsp3) is 0.235. The van der Waals surface area contributed by atoms with Crippen molar-refractivity contribution in [3.05, 3.63) is 61.5 Å². The van der Waals surface area contributed by atoms with Crippen molar-refractivity contribution in [2.45, 2.75) is 0 Å². The highest BCUT2D eigenvalue weighted by Gasteiger charge is 2.23. The lowest BCUT2D eigenvalue weighted by Crippen LogP contribution is -2.36.